The Labute approximate surface area is 231 Å². The number of hydrogen-bond acceptors (Lipinski definition) is 5. The summed E-state index contributed by atoms with van der Waals surface area (Å²) < 4.78 is 65.0. The van der Waals surface area contributed by atoms with Crippen molar-refractivity contribution in [2.45, 2.75) is 30.3 Å². The van der Waals surface area contributed by atoms with E-state index < -0.39 is 21.6 Å². The molecule has 1 amide bonds. The van der Waals surface area contributed by atoms with E-state index in [1.807, 2.05) is 12.1 Å². The van der Waals surface area contributed by atoms with Gasteiger partial charge in [-0.3, -0.25) is 14.7 Å². The van der Waals surface area contributed by atoms with Gasteiger partial charge < -0.3 is 4.90 Å². The van der Waals surface area contributed by atoms with Crippen LogP contribution in [0.5, 0.6) is 0 Å². The van der Waals surface area contributed by atoms with Crippen LogP contribution >= 0.6 is 0 Å². The molecule has 1 aliphatic rings. The fourth-order valence-corrected chi connectivity index (χ4v) is 6.59. The second-order valence-electron chi connectivity index (χ2n) is 9.99. The summed E-state index contributed by atoms with van der Waals surface area (Å²) in [6, 6.07) is 18.9. The number of halogens is 3. The molecule has 0 unspecified atom stereocenters. The van der Waals surface area contributed by atoms with Gasteiger partial charge in [-0.2, -0.15) is 13.2 Å². The van der Waals surface area contributed by atoms with Crippen LogP contribution in [0.1, 0.15) is 32.6 Å². The molecule has 5 rings (SSSR count). The van der Waals surface area contributed by atoms with Crippen LogP contribution in [0.2, 0.25) is 0 Å². The number of alkyl halides is 3. The van der Waals surface area contributed by atoms with Gasteiger partial charge in [0.25, 0.3) is 5.91 Å². The van der Waals surface area contributed by atoms with E-state index in [4.69, 9.17) is 0 Å². The van der Waals surface area contributed by atoms with Crippen molar-refractivity contribution >= 4 is 26.6 Å². The molecule has 6 nitrogen and oxygen atoms in total. The highest BCUT2D eigenvalue weighted by Crippen LogP contribution is 2.29. The monoisotopic (exact) mass is 567 g/mol. The fourth-order valence-electron chi connectivity index (χ4n) is 4.95. The molecule has 1 saturated heterocycles. The molecule has 40 heavy (non-hydrogen) atoms. The Morgan fingerprint density at radius 3 is 2.30 bits per heavy atom. The topological polar surface area (TPSA) is 70.6 Å². The number of amides is 1. The maximum Gasteiger partial charge on any atom is 0.416 e. The minimum Gasteiger partial charge on any atom is -0.336 e. The Kier molecular flexibility index (Phi) is 7.65. The van der Waals surface area contributed by atoms with E-state index in [-0.39, 0.29) is 16.6 Å². The Bertz CT molecular complexity index is 1640. The molecular weight excluding hydrogens is 539 g/mol. The highest BCUT2D eigenvalue weighted by molar-refractivity contribution is 7.90. The van der Waals surface area contributed by atoms with Crippen molar-refractivity contribution < 1.29 is 26.4 Å². The van der Waals surface area contributed by atoms with Gasteiger partial charge in [-0.1, -0.05) is 36.4 Å². The third kappa shape index (κ3) is 6.03. The molecule has 208 valence electrons. The summed E-state index contributed by atoms with van der Waals surface area (Å²) in [5.41, 5.74) is 2.37. The first-order chi connectivity index (χ1) is 19.0. The Balaban J connectivity index is 1.21. The lowest BCUT2D eigenvalue weighted by Gasteiger charge is -2.35. The summed E-state index contributed by atoms with van der Waals surface area (Å²) in [5, 5.41) is 0.751. The molecular formula is C30H28F3N3O3S. The summed E-state index contributed by atoms with van der Waals surface area (Å²) in [6.07, 6.45) is -2.79. The zero-order chi connectivity index (χ0) is 28.5. The molecule has 0 radical (unpaired) electrons. The van der Waals surface area contributed by atoms with Crippen molar-refractivity contribution in [2.24, 2.45) is 0 Å². The summed E-state index contributed by atoms with van der Waals surface area (Å²) in [6.45, 7) is 4.48. The van der Waals surface area contributed by atoms with Crippen molar-refractivity contribution in [3.8, 4) is 0 Å². The first kappa shape index (κ1) is 27.8. The van der Waals surface area contributed by atoms with Crippen LogP contribution in [0.15, 0.2) is 83.9 Å². The SMILES string of the molecule is Cc1cc(C(=O)N2CCN(Cc3ccc(C(F)(F)F)cc3)CC2)ccc1CS(=O)(=O)c1cccc2cccnc12. The molecule has 0 saturated carbocycles. The van der Waals surface area contributed by atoms with E-state index in [2.05, 4.69) is 9.88 Å². The molecule has 0 bridgehead atoms. The standard InChI is InChI=1S/C30H28F3N3O3S/c1-21-18-24(9-10-25(21)20-40(38,39)27-6-2-4-23-5-3-13-34-28(23)27)29(37)36-16-14-35(15-17-36)19-22-7-11-26(12-8-22)30(31,32)33/h2-13,18H,14-17,19-20H2,1H3. The van der Waals surface area contributed by atoms with Gasteiger partial charge in [-0.05, 0) is 60.0 Å². The maximum atomic E-state index is 13.3. The van der Waals surface area contributed by atoms with Crippen LogP contribution in [0.3, 0.4) is 0 Å². The van der Waals surface area contributed by atoms with Gasteiger partial charge in [0.2, 0.25) is 0 Å². The van der Waals surface area contributed by atoms with Crippen molar-refractivity contribution in [1.82, 2.24) is 14.8 Å². The van der Waals surface area contributed by atoms with Crippen LogP contribution in [0, 0.1) is 6.92 Å². The van der Waals surface area contributed by atoms with Crippen molar-refractivity contribution in [1.29, 1.82) is 0 Å². The van der Waals surface area contributed by atoms with Gasteiger partial charge in [-0.15, -0.1) is 0 Å². The highest BCUT2D eigenvalue weighted by Gasteiger charge is 2.30. The van der Waals surface area contributed by atoms with E-state index in [1.165, 1.54) is 12.1 Å². The van der Waals surface area contributed by atoms with Gasteiger partial charge in [0.15, 0.2) is 9.84 Å². The van der Waals surface area contributed by atoms with Gasteiger partial charge >= 0.3 is 6.18 Å². The summed E-state index contributed by atoms with van der Waals surface area (Å²) in [7, 11) is -3.68. The molecule has 0 atom stereocenters. The van der Waals surface area contributed by atoms with Gasteiger partial charge in [0.1, 0.15) is 0 Å². The zero-order valence-electron chi connectivity index (χ0n) is 21.9. The number of rotatable bonds is 6. The average Bonchev–Trinajstić information content (AvgIpc) is 2.93. The number of para-hydroxylation sites is 1. The van der Waals surface area contributed by atoms with Crippen LogP contribution < -0.4 is 0 Å². The summed E-state index contributed by atoms with van der Waals surface area (Å²) >= 11 is 0. The normalized spacial score (nSPS) is 14.9. The van der Waals surface area contributed by atoms with E-state index in [9.17, 15) is 26.4 Å². The molecule has 1 aromatic heterocycles. The molecule has 0 aliphatic carbocycles. The third-order valence-corrected chi connectivity index (χ3v) is 8.90. The predicted molar refractivity (Wildman–Crippen MR) is 146 cm³/mol. The number of benzene rings is 3. The maximum absolute atomic E-state index is 13.3. The fraction of sp³-hybridized carbons (Fsp3) is 0.267. The average molecular weight is 568 g/mol. The van der Waals surface area contributed by atoms with Crippen molar-refractivity contribution in [3.05, 3.63) is 107 Å². The number of nitrogens with zero attached hydrogens (tertiary/aromatic N) is 3. The number of pyridine rings is 1. The van der Waals surface area contributed by atoms with Gasteiger partial charge in [0.05, 0.1) is 21.7 Å². The first-order valence-electron chi connectivity index (χ1n) is 12.8. The number of carbonyl (C=O) groups is 1. The second-order valence-corrected chi connectivity index (χ2v) is 12.0. The van der Waals surface area contributed by atoms with Crippen molar-refractivity contribution in [3.63, 3.8) is 0 Å². The third-order valence-electron chi connectivity index (χ3n) is 7.21. The first-order valence-corrected chi connectivity index (χ1v) is 14.5. The lowest BCUT2D eigenvalue weighted by Crippen LogP contribution is -2.48. The molecule has 0 N–H and O–H groups in total. The van der Waals surface area contributed by atoms with E-state index >= 15 is 0 Å². The number of sulfone groups is 1. The minimum absolute atomic E-state index is 0.134. The molecule has 0 spiro atoms. The number of aromatic nitrogens is 1. The van der Waals surface area contributed by atoms with Crippen LogP contribution in [-0.4, -0.2) is 55.3 Å². The molecule has 1 fully saturated rings. The molecule has 2 heterocycles. The smallest absolute Gasteiger partial charge is 0.336 e. The highest BCUT2D eigenvalue weighted by atomic mass is 32.2. The largest absolute Gasteiger partial charge is 0.416 e. The second kappa shape index (κ2) is 11.0. The molecule has 10 heteroatoms. The quantitative estimate of drug-likeness (QED) is 0.308. The van der Waals surface area contributed by atoms with Crippen LogP contribution in [0.25, 0.3) is 10.9 Å². The number of fused-ring (bicyclic) bond motifs is 1. The predicted octanol–water partition coefficient (Wildman–Crippen LogP) is 5.49. The number of carbonyl (C=O) groups excluding carboxylic acids is 1. The van der Waals surface area contributed by atoms with Gasteiger partial charge in [0, 0.05) is 49.9 Å². The van der Waals surface area contributed by atoms with Crippen LogP contribution in [-0.2, 0) is 28.3 Å². The number of piperazine rings is 1. The molecule has 4 aromatic rings. The van der Waals surface area contributed by atoms with Crippen LogP contribution in [0.4, 0.5) is 13.2 Å². The number of hydrogen-bond donors (Lipinski definition) is 0. The van der Waals surface area contributed by atoms with E-state index in [0.29, 0.717) is 54.9 Å². The lowest BCUT2D eigenvalue weighted by molar-refractivity contribution is -0.137. The zero-order valence-corrected chi connectivity index (χ0v) is 22.7. The molecule has 3 aromatic carbocycles. The Hall–Kier alpha value is -3.76. The van der Waals surface area contributed by atoms with E-state index in [1.54, 1.807) is 54.4 Å². The minimum atomic E-state index is -4.36. The lowest BCUT2D eigenvalue weighted by atomic mass is 10.0. The summed E-state index contributed by atoms with van der Waals surface area (Å²) in [5.74, 6) is -0.337. The van der Waals surface area contributed by atoms with E-state index in [0.717, 1.165) is 23.1 Å². The Morgan fingerprint density at radius 1 is 0.925 bits per heavy atom. The summed E-state index contributed by atoms with van der Waals surface area (Å²) in [4.78, 5) is 21.5. The Morgan fingerprint density at radius 2 is 1.62 bits per heavy atom. The number of aryl methyl sites for hydroxylation is 1. The van der Waals surface area contributed by atoms with Gasteiger partial charge in [-0.25, -0.2) is 8.42 Å². The van der Waals surface area contributed by atoms with Crippen molar-refractivity contribution in [2.75, 3.05) is 26.2 Å². The molecule has 1 aliphatic heterocycles.